The largest absolute Gasteiger partial charge is 0.490 e. The fourth-order valence-electron chi connectivity index (χ4n) is 4.22. The van der Waals surface area contributed by atoms with E-state index >= 15 is 0 Å². The molecule has 0 aliphatic carbocycles. The van der Waals surface area contributed by atoms with E-state index in [1.54, 1.807) is 23.1 Å². The van der Waals surface area contributed by atoms with Crippen molar-refractivity contribution in [2.24, 2.45) is 0 Å². The minimum absolute atomic E-state index is 0.0356. The predicted molar refractivity (Wildman–Crippen MR) is 123 cm³/mol. The van der Waals surface area contributed by atoms with Crippen molar-refractivity contribution in [1.29, 1.82) is 0 Å². The van der Waals surface area contributed by atoms with Crippen LogP contribution in [0.15, 0.2) is 72.8 Å². The van der Waals surface area contributed by atoms with E-state index in [4.69, 9.17) is 21.3 Å². The van der Waals surface area contributed by atoms with Crippen LogP contribution in [0.2, 0.25) is 5.02 Å². The Hall–Kier alpha value is -3.38. The van der Waals surface area contributed by atoms with E-state index in [9.17, 15) is 9.18 Å². The molecule has 0 radical (unpaired) electrons. The molecule has 5 nitrogen and oxygen atoms in total. The standard InChI is InChI=1S/C25H21ClFN3O2/c26-20-8-1-4-11-23(20)32-13-12-29-22-10-3-2-9-21(22)28-25(29)17-14-24(31)30(16-17)19-7-5-6-18(27)15-19/h1-11,15,17H,12-14,16H2. The van der Waals surface area contributed by atoms with Gasteiger partial charge in [0.1, 0.15) is 24.0 Å². The second-order valence-corrected chi connectivity index (χ2v) is 8.18. The Morgan fingerprint density at radius 2 is 1.88 bits per heavy atom. The van der Waals surface area contributed by atoms with Gasteiger partial charge in [0, 0.05) is 24.6 Å². The lowest BCUT2D eigenvalue weighted by Gasteiger charge is -2.17. The zero-order chi connectivity index (χ0) is 22.1. The third kappa shape index (κ3) is 3.94. The number of hydrogen-bond acceptors (Lipinski definition) is 3. The molecule has 1 fully saturated rings. The molecule has 1 unspecified atom stereocenters. The Kier molecular flexibility index (Phi) is 5.53. The number of carbonyl (C=O) groups is 1. The second kappa shape index (κ2) is 8.63. The van der Waals surface area contributed by atoms with E-state index in [0.717, 1.165) is 16.9 Å². The quantitative estimate of drug-likeness (QED) is 0.394. The number of benzene rings is 3. The first-order valence-electron chi connectivity index (χ1n) is 10.5. The number of hydrogen-bond donors (Lipinski definition) is 0. The molecule has 1 saturated heterocycles. The molecule has 5 rings (SSSR count). The van der Waals surface area contributed by atoms with Gasteiger partial charge in [0.15, 0.2) is 0 Å². The molecule has 0 bridgehead atoms. The normalized spacial score (nSPS) is 16.1. The average molecular weight is 450 g/mol. The first-order valence-corrected chi connectivity index (χ1v) is 10.9. The first kappa shape index (κ1) is 20.5. The van der Waals surface area contributed by atoms with E-state index in [0.29, 0.717) is 42.6 Å². The number of carbonyl (C=O) groups excluding carboxylic acids is 1. The highest BCUT2D eigenvalue weighted by molar-refractivity contribution is 6.32. The van der Waals surface area contributed by atoms with Gasteiger partial charge in [-0.3, -0.25) is 4.79 Å². The highest BCUT2D eigenvalue weighted by Crippen LogP contribution is 2.33. The molecule has 7 heteroatoms. The summed E-state index contributed by atoms with van der Waals surface area (Å²) in [5.41, 5.74) is 2.43. The number of rotatable bonds is 6. The average Bonchev–Trinajstić information content (AvgIpc) is 3.36. The van der Waals surface area contributed by atoms with E-state index < -0.39 is 0 Å². The van der Waals surface area contributed by atoms with Crippen molar-refractivity contribution in [1.82, 2.24) is 9.55 Å². The van der Waals surface area contributed by atoms with Crippen LogP contribution in [0, 0.1) is 5.82 Å². The number of ether oxygens (including phenoxy) is 1. The van der Waals surface area contributed by atoms with Gasteiger partial charge in [0.05, 0.1) is 22.6 Å². The molecule has 1 atom stereocenters. The number of imidazole rings is 1. The minimum atomic E-state index is -0.359. The van der Waals surface area contributed by atoms with Crippen LogP contribution in [-0.4, -0.2) is 28.6 Å². The topological polar surface area (TPSA) is 47.4 Å². The van der Waals surface area contributed by atoms with Crippen molar-refractivity contribution in [2.45, 2.75) is 18.9 Å². The number of anilines is 1. The van der Waals surface area contributed by atoms with Crippen LogP contribution in [-0.2, 0) is 11.3 Å². The van der Waals surface area contributed by atoms with Crippen molar-refractivity contribution in [2.75, 3.05) is 18.1 Å². The molecule has 0 saturated carbocycles. The molecule has 1 aromatic heterocycles. The summed E-state index contributed by atoms with van der Waals surface area (Å²) in [6, 6.07) is 21.4. The molecule has 1 amide bonds. The van der Waals surface area contributed by atoms with Crippen LogP contribution in [0.3, 0.4) is 0 Å². The van der Waals surface area contributed by atoms with Crippen LogP contribution >= 0.6 is 11.6 Å². The summed E-state index contributed by atoms with van der Waals surface area (Å²) in [5.74, 6) is 0.974. The Bertz CT molecular complexity index is 1290. The molecule has 162 valence electrons. The lowest BCUT2D eigenvalue weighted by molar-refractivity contribution is -0.117. The molecular weight excluding hydrogens is 429 g/mol. The molecule has 3 aromatic carbocycles. The SMILES string of the molecule is O=C1CC(c2nc3ccccc3n2CCOc2ccccc2Cl)CN1c1cccc(F)c1. The number of para-hydroxylation sites is 3. The summed E-state index contributed by atoms with van der Waals surface area (Å²) in [6.07, 6.45) is 0.325. The van der Waals surface area contributed by atoms with Crippen molar-refractivity contribution >= 4 is 34.2 Å². The van der Waals surface area contributed by atoms with Gasteiger partial charge in [-0.25, -0.2) is 9.37 Å². The Morgan fingerprint density at radius 1 is 1.06 bits per heavy atom. The van der Waals surface area contributed by atoms with Crippen LogP contribution in [0.5, 0.6) is 5.75 Å². The third-order valence-electron chi connectivity index (χ3n) is 5.70. The van der Waals surface area contributed by atoms with Crippen LogP contribution < -0.4 is 9.64 Å². The monoisotopic (exact) mass is 449 g/mol. The lowest BCUT2D eigenvalue weighted by Crippen LogP contribution is -2.24. The molecule has 0 spiro atoms. The van der Waals surface area contributed by atoms with Gasteiger partial charge >= 0.3 is 0 Å². The zero-order valence-electron chi connectivity index (χ0n) is 17.2. The minimum Gasteiger partial charge on any atom is -0.490 e. The first-order chi connectivity index (χ1) is 15.6. The van der Waals surface area contributed by atoms with Crippen molar-refractivity contribution in [3.8, 4) is 5.75 Å². The number of halogens is 2. The summed E-state index contributed by atoms with van der Waals surface area (Å²) < 4.78 is 21.7. The van der Waals surface area contributed by atoms with Crippen LogP contribution in [0.25, 0.3) is 11.0 Å². The molecule has 4 aromatic rings. The van der Waals surface area contributed by atoms with Gasteiger partial charge in [-0.1, -0.05) is 41.9 Å². The van der Waals surface area contributed by atoms with Gasteiger partial charge in [-0.2, -0.15) is 0 Å². The van der Waals surface area contributed by atoms with E-state index in [1.807, 2.05) is 42.5 Å². The van der Waals surface area contributed by atoms with E-state index in [2.05, 4.69) is 4.57 Å². The molecule has 1 aliphatic rings. The highest BCUT2D eigenvalue weighted by Gasteiger charge is 2.35. The summed E-state index contributed by atoms with van der Waals surface area (Å²) in [4.78, 5) is 19.2. The maximum absolute atomic E-state index is 13.7. The van der Waals surface area contributed by atoms with Gasteiger partial charge in [-0.15, -0.1) is 0 Å². The summed E-state index contributed by atoms with van der Waals surface area (Å²) in [6.45, 7) is 1.42. The van der Waals surface area contributed by atoms with Gasteiger partial charge < -0.3 is 14.2 Å². The second-order valence-electron chi connectivity index (χ2n) is 7.77. The lowest BCUT2D eigenvalue weighted by atomic mass is 10.1. The number of aromatic nitrogens is 2. The summed E-state index contributed by atoms with van der Waals surface area (Å²) in [5, 5.41) is 0.565. The Balaban J connectivity index is 1.41. The predicted octanol–water partition coefficient (Wildman–Crippen LogP) is 5.43. The van der Waals surface area contributed by atoms with E-state index in [-0.39, 0.29) is 17.6 Å². The third-order valence-corrected chi connectivity index (χ3v) is 6.02. The Labute approximate surface area is 190 Å². The molecule has 1 aliphatic heterocycles. The molecule has 32 heavy (non-hydrogen) atoms. The van der Waals surface area contributed by atoms with Crippen molar-refractivity contribution < 1.29 is 13.9 Å². The fourth-order valence-corrected chi connectivity index (χ4v) is 4.41. The number of amides is 1. The van der Waals surface area contributed by atoms with E-state index in [1.165, 1.54) is 12.1 Å². The molecule has 2 heterocycles. The summed E-state index contributed by atoms with van der Waals surface area (Å²) >= 11 is 6.20. The van der Waals surface area contributed by atoms with Gasteiger partial charge in [0.25, 0.3) is 0 Å². The van der Waals surface area contributed by atoms with Crippen molar-refractivity contribution in [3.63, 3.8) is 0 Å². The molecular formula is C25H21ClFN3O2. The maximum atomic E-state index is 13.7. The summed E-state index contributed by atoms with van der Waals surface area (Å²) in [7, 11) is 0. The van der Waals surface area contributed by atoms with Crippen LogP contribution in [0.4, 0.5) is 10.1 Å². The smallest absolute Gasteiger partial charge is 0.227 e. The Morgan fingerprint density at radius 3 is 2.72 bits per heavy atom. The van der Waals surface area contributed by atoms with Crippen molar-refractivity contribution in [3.05, 3.63) is 89.5 Å². The van der Waals surface area contributed by atoms with Gasteiger partial charge in [-0.05, 0) is 42.5 Å². The molecule has 0 N–H and O–H groups in total. The number of nitrogens with zero attached hydrogens (tertiary/aromatic N) is 3. The zero-order valence-corrected chi connectivity index (χ0v) is 18.0. The maximum Gasteiger partial charge on any atom is 0.227 e. The number of fused-ring (bicyclic) bond motifs is 1. The highest BCUT2D eigenvalue weighted by atomic mass is 35.5. The van der Waals surface area contributed by atoms with Crippen LogP contribution in [0.1, 0.15) is 18.2 Å². The van der Waals surface area contributed by atoms with Gasteiger partial charge in [0.2, 0.25) is 5.91 Å². The fraction of sp³-hybridized carbons (Fsp3) is 0.200.